The van der Waals surface area contributed by atoms with Gasteiger partial charge in [-0.05, 0) is 114 Å². The van der Waals surface area contributed by atoms with Crippen LogP contribution in [-0.4, -0.2) is 24.4 Å². The Labute approximate surface area is 316 Å². The van der Waals surface area contributed by atoms with Crippen molar-refractivity contribution >= 4 is 38.6 Å². The Balaban J connectivity index is 0.000000902. The van der Waals surface area contributed by atoms with Crippen LogP contribution in [0.15, 0.2) is 131 Å². The van der Waals surface area contributed by atoms with Gasteiger partial charge in [0.1, 0.15) is 7.05 Å². The van der Waals surface area contributed by atoms with Crippen molar-refractivity contribution in [2.45, 2.75) is 79.1 Å². The molecule has 0 radical (unpaired) electrons. The van der Waals surface area contributed by atoms with Crippen LogP contribution < -0.4 is 23.5 Å². The van der Waals surface area contributed by atoms with Crippen LogP contribution in [0, 0.1) is 15.7 Å². The highest BCUT2D eigenvalue weighted by atomic mass is 35.7. The quantitative estimate of drug-likeness (QED) is 0.208. The van der Waals surface area contributed by atoms with E-state index < -0.39 is 10.2 Å². The Bertz CT molecular complexity index is 2310. The monoisotopic (exact) mass is 730 g/mol. The maximum absolute atomic E-state index is 8.49. The average Bonchev–Trinajstić information content (AvgIpc) is 3.41. The molecular formula is C46H51ClN2O4. The Morgan fingerprint density at radius 3 is 1.94 bits per heavy atom. The van der Waals surface area contributed by atoms with Crippen molar-refractivity contribution in [1.29, 1.82) is 0 Å². The minimum absolute atomic E-state index is 0.0841. The highest BCUT2D eigenvalue weighted by Gasteiger charge is 2.44. The maximum Gasteiger partial charge on any atom is 0.210 e. The highest BCUT2D eigenvalue weighted by Crippen LogP contribution is 2.50. The first kappa shape index (κ1) is 38.4. The summed E-state index contributed by atoms with van der Waals surface area (Å²) in [6.07, 6.45) is 14.1. The van der Waals surface area contributed by atoms with Gasteiger partial charge in [-0.3, -0.25) is 0 Å². The number of fused-ring (bicyclic) bond motifs is 6. The van der Waals surface area contributed by atoms with E-state index in [-0.39, 0.29) is 16.2 Å². The van der Waals surface area contributed by atoms with Gasteiger partial charge in [-0.25, -0.2) is 18.6 Å². The van der Waals surface area contributed by atoms with Crippen molar-refractivity contribution in [3.63, 3.8) is 0 Å². The molecular weight excluding hydrogens is 680 g/mol. The number of allylic oxidation sites excluding steroid dienone is 10. The van der Waals surface area contributed by atoms with Gasteiger partial charge < -0.3 is 4.90 Å². The first-order chi connectivity index (χ1) is 24.7. The number of hydrogen-bond donors (Lipinski definition) is 0. The Kier molecular flexibility index (Phi) is 10.0. The van der Waals surface area contributed by atoms with Gasteiger partial charge in [0, 0.05) is 41.6 Å². The van der Waals surface area contributed by atoms with E-state index in [9.17, 15) is 0 Å². The van der Waals surface area contributed by atoms with Gasteiger partial charge in [0.15, 0.2) is 5.71 Å². The molecule has 2 heterocycles. The fourth-order valence-electron chi connectivity index (χ4n) is 8.92. The largest absolute Gasteiger partial charge is 0.347 e. The van der Waals surface area contributed by atoms with Crippen LogP contribution in [0.3, 0.4) is 0 Å². The molecule has 53 heavy (non-hydrogen) atoms. The molecule has 0 N–H and O–H groups in total. The standard InChI is InChI=1S/C46H51N2.ClHO4/c1-30(19-25-40-45(5,6)42-36-17-13-11-15-32(36)21-23-38(42)47(40)9)34-27-35(29-44(3,4)28-34)31(2)20-26-41-46(7,8)43-37-18-14-12-16-33(37)22-24-39(43)48(41)10;2-1(3,4)5/h11-27H,28-29H2,1-10H3;(H,2,3,4,5)/q+1;/p-1. The van der Waals surface area contributed by atoms with Crippen LogP contribution in [0.1, 0.15) is 79.4 Å². The molecule has 0 saturated carbocycles. The van der Waals surface area contributed by atoms with Gasteiger partial charge in [-0.1, -0.05) is 101 Å². The van der Waals surface area contributed by atoms with E-state index in [2.05, 4.69) is 182 Å². The zero-order chi connectivity index (χ0) is 38.7. The predicted molar refractivity (Wildman–Crippen MR) is 208 cm³/mol. The van der Waals surface area contributed by atoms with Crippen molar-refractivity contribution in [2.75, 3.05) is 19.0 Å². The molecule has 2 aliphatic heterocycles. The van der Waals surface area contributed by atoms with Crippen molar-refractivity contribution in [3.8, 4) is 0 Å². The molecule has 1 aliphatic carbocycles. The first-order valence-electron chi connectivity index (χ1n) is 18.2. The summed E-state index contributed by atoms with van der Waals surface area (Å²) < 4.78 is 36.4. The van der Waals surface area contributed by atoms with Crippen LogP contribution in [-0.2, 0) is 10.8 Å². The maximum atomic E-state index is 8.49. The van der Waals surface area contributed by atoms with Crippen molar-refractivity contribution < 1.29 is 33.5 Å². The molecule has 4 aromatic rings. The minimum atomic E-state index is -4.94. The normalized spacial score (nSPS) is 20.9. The number of rotatable bonds is 4. The molecule has 0 aromatic heterocycles. The number of nitrogens with zero attached hydrogens (tertiary/aromatic N) is 2. The second-order valence-corrected chi connectivity index (χ2v) is 17.4. The smallest absolute Gasteiger partial charge is 0.210 e. The fourth-order valence-corrected chi connectivity index (χ4v) is 8.92. The van der Waals surface area contributed by atoms with Gasteiger partial charge in [0.2, 0.25) is 5.69 Å². The lowest BCUT2D eigenvalue weighted by Crippen LogP contribution is -2.68. The third-order valence-electron chi connectivity index (χ3n) is 11.5. The van der Waals surface area contributed by atoms with Gasteiger partial charge >= 0.3 is 0 Å². The van der Waals surface area contributed by atoms with Crippen LogP contribution in [0.25, 0.3) is 21.5 Å². The van der Waals surface area contributed by atoms with Crippen molar-refractivity contribution in [2.24, 2.45) is 5.41 Å². The zero-order valence-electron chi connectivity index (χ0n) is 32.6. The van der Waals surface area contributed by atoms with Crippen LogP contribution >= 0.6 is 0 Å². The molecule has 0 amide bonds. The Morgan fingerprint density at radius 1 is 0.755 bits per heavy atom. The SMILES string of the molecule is C/C(=C\C=C1/N(C)c2ccc3ccccc3c2C1(C)C)C1=C/C(=C(C)/C=C/C2=[N+](C)c3ccc4ccccc4c3C2(C)C)CC(C)(C)C1.[O-][Cl+3]([O-])([O-])[O-]. The lowest BCUT2D eigenvalue weighted by atomic mass is 9.72. The Hall–Kier alpha value is -4.30. The van der Waals surface area contributed by atoms with Gasteiger partial charge in [-0.2, -0.15) is 4.58 Å². The van der Waals surface area contributed by atoms with Crippen LogP contribution in [0.5, 0.6) is 0 Å². The summed E-state index contributed by atoms with van der Waals surface area (Å²) in [6.45, 7) is 18.9. The molecule has 3 aliphatic rings. The number of anilines is 1. The summed E-state index contributed by atoms with van der Waals surface area (Å²) in [5, 5.41) is 5.33. The second-order valence-electron chi connectivity index (χ2n) is 16.6. The number of hydrogen-bond acceptors (Lipinski definition) is 5. The van der Waals surface area contributed by atoms with E-state index in [1.807, 2.05) is 0 Å². The summed E-state index contributed by atoms with van der Waals surface area (Å²) in [6, 6.07) is 26.7. The Morgan fingerprint density at radius 2 is 1.32 bits per heavy atom. The minimum Gasteiger partial charge on any atom is -0.347 e. The summed E-state index contributed by atoms with van der Waals surface area (Å²) >= 11 is 0. The van der Waals surface area contributed by atoms with E-state index in [0.717, 1.165) is 12.8 Å². The number of benzene rings is 4. The lowest BCUT2D eigenvalue weighted by Gasteiger charge is -2.32. The van der Waals surface area contributed by atoms with Crippen molar-refractivity contribution in [3.05, 3.63) is 142 Å². The molecule has 0 atom stereocenters. The van der Waals surface area contributed by atoms with E-state index in [0.29, 0.717) is 0 Å². The topological polar surface area (TPSA) is 98.5 Å². The molecule has 276 valence electrons. The number of likely N-dealkylation sites (N-methyl/N-ethyl adjacent to an activating group) is 1. The van der Waals surface area contributed by atoms with Crippen LogP contribution in [0.2, 0.25) is 0 Å². The van der Waals surface area contributed by atoms with Gasteiger partial charge in [-0.15, -0.1) is 10.2 Å². The molecule has 7 heteroatoms. The third kappa shape index (κ3) is 7.44. The summed E-state index contributed by atoms with van der Waals surface area (Å²) in [5.41, 5.74) is 13.8. The average molecular weight is 731 g/mol. The molecule has 7 rings (SSSR count). The highest BCUT2D eigenvalue weighted by molar-refractivity contribution is 6.07. The summed E-state index contributed by atoms with van der Waals surface area (Å²) in [7, 11) is -0.502. The van der Waals surface area contributed by atoms with E-state index in [1.165, 1.54) is 77.7 Å². The molecule has 6 nitrogen and oxygen atoms in total. The first-order valence-corrected chi connectivity index (χ1v) is 19.4. The molecule has 0 fully saturated rings. The van der Waals surface area contributed by atoms with E-state index in [1.54, 1.807) is 0 Å². The van der Waals surface area contributed by atoms with Crippen LogP contribution in [0.4, 0.5) is 11.4 Å². The molecule has 0 spiro atoms. The third-order valence-corrected chi connectivity index (χ3v) is 11.5. The lowest BCUT2D eigenvalue weighted by molar-refractivity contribution is -2.00. The molecule has 0 bridgehead atoms. The predicted octanol–water partition coefficient (Wildman–Crippen LogP) is 7.12. The molecule has 4 aromatic carbocycles. The van der Waals surface area contributed by atoms with Gasteiger partial charge in [0.05, 0.1) is 5.41 Å². The van der Waals surface area contributed by atoms with E-state index >= 15 is 0 Å². The number of halogens is 1. The summed E-state index contributed by atoms with van der Waals surface area (Å²) in [5.74, 6) is 0. The fraction of sp³-hybridized carbons (Fsp3) is 0.326. The second kappa shape index (κ2) is 13.8. The van der Waals surface area contributed by atoms with Crippen molar-refractivity contribution in [1.82, 2.24) is 0 Å². The molecule has 0 unspecified atom stereocenters. The zero-order valence-corrected chi connectivity index (χ0v) is 33.4. The summed E-state index contributed by atoms with van der Waals surface area (Å²) in [4.78, 5) is 2.39. The molecule has 0 saturated heterocycles. The van der Waals surface area contributed by atoms with E-state index in [4.69, 9.17) is 18.6 Å². The van der Waals surface area contributed by atoms with Gasteiger partial charge in [0.25, 0.3) is 0 Å².